The van der Waals surface area contributed by atoms with E-state index in [0.717, 1.165) is 10.9 Å². The first kappa shape index (κ1) is 6.31. The summed E-state index contributed by atoms with van der Waals surface area (Å²) in [5, 5.41) is 1.07. The second-order valence-electron chi connectivity index (χ2n) is 2.63. The SMILES string of the molecule is NCc1ncc(C2CC2)s1. The molecule has 54 valence electrons. The van der Waals surface area contributed by atoms with Gasteiger partial charge in [0, 0.05) is 17.6 Å². The van der Waals surface area contributed by atoms with Gasteiger partial charge in [-0.1, -0.05) is 0 Å². The van der Waals surface area contributed by atoms with Crippen molar-refractivity contribution in [2.45, 2.75) is 25.3 Å². The molecule has 0 bridgehead atoms. The Hall–Kier alpha value is -0.410. The minimum absolute atomic E-state index is 0.595. The second-order valence-corrected chi connectivity index (χ2v) is 3.78. The Balaban J connectivity index is 2.19. The molecule has 1 aromatic heterocycles. The van der Waals surface area contributed by atoms with Gasteiger partial charge in [0.05, 0.1) is 0 Å². The fraction of sp³-hybridized carbons (Fsp3) is 0.571. The van der Waals surface area contributed by atoms with Crippen molar-refractivity contribution in [2.24, 2.45) is 5.73 Å². The molecule has 2 rings (SSSR count). The normalized spacial score (nSPS) is 17.7. The van der Waals surface area contributed by atoms with E-state index < -0.39 is 0 Å². The molecule has 0 aliphatic heterocycles. The highest BCUT2D eigenvalue weighted by molar-refractivity contribution is 7.11. The lowest BCUT2D eigenvalue weighted by Gasteiger charge is -1.84. The first-order valence-corrected chi connectivity index (χ1v) is 4.36. The molecule has 2 N–H and O–H groups in total. The van der Waals surface area contributed by atoms with Gasteiger partial charge >= 0.3 is 0 Å². The fourth-order valence-electron chi connectivity index (χ4n) is 0.975. The van der Waals surface area contributed by atoms with E-state index in [4.69, 9.17) is 5.73 Å². The van der Waals surface area contributed by atoms with E-state index in [-0.39, 0.29) is 0 Å². The van der Waals surface area contributed by atoms with E-state index in [0.29, 0.717) is 6.54 Å². The molecule has 0 unspecified atom stereocenters. The van der Waals surface area contributed by atoms with Gasteiger partial charge in [-0.2, -0.15) is 0 Å². The van der Waals surface area contributed by atoms with Crippen molar-refractivity contribution in [3.05, 3.63) is 16.1 Å². The molecule has 0 spiro atoms. The summed E-state index contributed by atoms with van der Waals surface area (Å²) in [4.78, 5) is 5.62. The standard InChI is InChI=1S/C7H10N2S/c8-3-7-9-4-6(10-7)5-1-2-5/h4-5H,1-3,8H2. The Kier molecular flexibility index (Phi) is 1.47. The Bertz CT molecular complexity index is 227. The van der Waals surface area contributed by atoms with Crippen molar-refractivity contribution in [2.75, 3.05) is 0 Å². The molecule has 1 heterocycles. The van der Waals surface area contributed by atoms with E-state index in [1.54, 1.807) is 11.3 Å². The first-order chi connectivity index (χ1) is 4.90. The van der Waals surface area contributed by atoms with Crippen molar-refractivity contribution >= 4 is 11.3 Å². The number of nitrogens with zero attached hydrogens (tertiary/aromatic N) is 1. The highest BCUT2D eigenvalue weighted by Gasteiger charge is 2.25. The van der Waals surface area contributed by atoms with Gasteiger partial charge in [0.2, 0.25) is 0 Å². The molecule has 0 saturated heterocycles. The lowest BCUT2D eigenvalue weighted by atomic mass is 10.4. The van der Waals surface area contributed by atoms with Crippen LogP contribution in [0.4, 0.5) is 0 Å². The van der Waals surface area contributed by atoms with Crippen molar-refractivity contribution in [3.8, 4) is 0 Å². The topological polar surface area (TPSA) is 38.9 Å². The predicted octanol–water partition coefficient (Wildman–Crippen LogP) is 1.48. The summed E-state index contributed by atoms with van der Waals surface area (Å²) in [7, 11) is 0. The Morgan fingerprint density at radius 1 is 1.70 bits per heavy atom. The molecule has 3 heteroatoms. The van der Waals surface area contributed by atoms with Crippen LogP contribution in [0.3, 0.4) is 0 Å². The molecule has 0 atom stereocenters. The van der Waals surface area contributed by atoms with E-state index >= 15 is 0 Å². The number of hydrogen-bond acceptors (Lipinski definition) is 3. The summed E-state index contributed by atoms with van der Waals surface area (Å²) in [5.74, 6) is 0.831. The maximum Gasteiger partial charge on any atom is 0.106 e. The van der Waals surface area contributed by atoms with E-state index in [2.05, 4.69) is 4.98 Å². The van der Waals surface area contributed by atoms with Gasteiger partial charge in [-0.3, -0.25) is 0 Å². The second kappa shape index (κ2) is 2.32. The smallest absolute Gasteiger partial charge is 0.106 e. The van der Waals surface area contributed by atoms with Crippen LogP contribution < -0.4 is 5.73 Å². The van der Waals surface area contributed by atoms with Gasteiger partial charge in [0.1, 0.15) is 5.01 Å². The molecule has 1 fully saturated rings. The molecule has 1 aliphatic rings. The van der Waals surface area contributed by atoms with E-state index in [1.807, 2.05) is 6.20 Å². The molecule has 0 amide bonds. The van der Waals surface area contributed by atoms with Crippen LogP contribution in [0.15, 0.2) is 6.20 Å². The summed E-state index contributed by atoms with van der Waals surface area (Å²) in [6, 6.07) is 0. The summed E-state index contributed by atoms with van der Waals surface area (Å²) in [6.45, 7) is 0.595. The van der Waals surface area contributed by atoms with Crippen molar-refractivity contribution in [1.82, 2.24) is 4.98 Å². The van der Waals surface area contributed by atoms with E-state index in [9.17, 15) is 0 Å². The van der Waals surface area contributed by atoms with Crippen LogP contribution in [0.1, 0.15) is 28.6 Å². The average molecular weight is 154 g/mol. The number of thiazole rings is 1. The molecular formula is C7H10N2S. The summed E-state index contributed by atoms with van der Waals surface area (Å²) >= 11 is 1.77. The first-order valence-electron chi connectivity index (χ1n) is 3.55. The minimum Gasteiger partial charge on any atom is -0.325 e. The molecule has 0 radical (unpaired) electrons. The van der Waals surface area contributed by atoms with Gasteiger partial charge in [0.15, 0.2) is 0 Å². The van der Waals surface area contributed by atoms with Crippen LogP contribution >= 0.6 is 11.3 Å². The Morgan fingerprint density at radius 3 is 3.00 bits per heavy atom. The minimum atomic E-state index is 0.595. The molecule has 1 aromatic rings. The van der Waals surface area contributed by atoms with Gasteiger partial charge in [0.25, 0.3) is 0 Å². The highest BCUT2D eigenvalue weighted by atomic mass is 32.1. The van der Waals surface area contributed by atoms with Gasteiger partial charge in [-0.25, -0.2) is 4.98 Å². The number of hydrogen-bond donors (Lipinski definition) is 1. The van der Waals surface area contributed by atoms with Crippen LogP contribution in [0.2, 0.25) is 0 Å². The van der Waals surface area contributed by atoms with E-state index in [1.165, 1.54) is 17.7 Å². The third-order valence-electron chi connectivity index (χ3n) is 1.73. The van der Waals surface area contributed by atoms with Crippen molar-refractivity contribution in [3.63, 3.8) is 0 Å². The molecule has 1 saturated carbocycles. The number of nitrogens with two attached hydrogens (primary N) is 1. The van der Waals surface area contributed by atoms with Gasteiger partial charge in [-0.05, 0) is 18.8 Å². The van der Waals surface area contributed by atoms with Gasteiger partial charge in [-0.15, -0.1) is 11.3 Å². The summed E-state index contributed by atoms with van der Waals surface area (Å²) in [6.07, 6.45) is 4.68. The third-order valence-corrected chi connectivity index (χ3v) is 2.91. The average Bonchev–Trinajstić information content (AvgIpc) is 2.70. The van der Waals surface area contributed by atoms with Crippen molar-refractivity contribution in [1.29, 1.82) is 0 Å². The zero-order valence-electron chi connectivity index (χ0n) is 5.71. The van der Waals surface area contributed by atoms with Gasteiger partial charge < -0.3 is 5.73 Å². The number of aromatic nitrogens is 1. The monoisotopic (exact) mass is 154 g/mol. The fourth-order valence-corrected chi connectivity index (χ4v) is 1.94. The Labute approximate surface area is 64.1 Å². The maximum absolute atomic E-state index is 5.43. The lowest BCUT2D eigenvalue weighted by molar-refractivity contribution is 1.03. The molecule has 10 heavy (non-hydrogen) atoms. The molecular weight excluding hydrogens is 144 g/mol. The van der Waals surface area contributed by atoms with Crippen LogP contribution in [-0.4, -0.2) is 4.98 Å². The lowest BCUT2D eigenvalue weighted by Crippen LogP contribution is -1.93. The summed E-state index contributed by atoms with van der Waals surface area (Å²) < 4.78 is 0. The molecule has 2 nitrogen and oxygen atoms in total. The zero-order valence-corrected chi connectivity index (χ0v) is 6.53. The predicted molar refractivity (Wildman–Crippen MR) is 42.0 cm³/mol. The quantitative estimate of drug-likeness (QED) is 0.700. The highest BCUT2D eigenvalue weighted by Crippen LogP contribution is 2.42. The van der Waals surface area contributed by atoms with Crippen LogP contribution in [0.5, 0.6) is 0 Å². The number of rotatable bonds is 2. The zero-order chi connectivity index (χ0) is 6.97. The van der Waals surface area contributed by atoms with Crippen LogP contribution in [0, 0.1) is 0 Å². The third kappa shape index (κ3) is 1.07. The van der Waals surface area contributed by atoms with Crippen LogP contribution in [-0.2, 0) is 6.54 Å². The maximum atomic E-state index is 5.43. The largest absolute Gasteiger partial charge is 0.325 e. The molecule has 1 aliphatic carbocycles. The Morgan fingerprint density at radius 2 is 2.50 bits per heavy atom. The summed E-state index contributed by atoms with van der Waals surface area (Å²) in [5.41, 5.74) is 5.43. The van der Waals surface area contributed by atoms with Crippen molar-refractivity contribution < 1.29 is 0 Å². The molecule has 0 aromatic carbocycles. The van der Waals surface area contributed by atoms with Crippen LogP contribution in [0.25, 0.3) is 0 Å².